The summed E-state index contributed by atoms with van der Waals surface area (Å²) in [4.78, 5) is 3.70. The van der Waals surface area contributed by atoms with Crippen molar-refractivity contribution in [3.63, 3.8) is 0 Å². The molecule has 0 spiro atoms. The first-order valence-corrected chi connectivity index (χ1v) is 5.90. The minimum atomic E-state index is -0.791. The summed E-state index contributed by atoms with van der Waals surface area (Å²) in [7, 11) is 0. The molecule has 1 saturated heterocycles. The van der Waals surface area contributed by atoms with Gasteiger partial charge in [0.1, 0.15) is 11.9 Å². The number of ether oxygens (including phenoxy) is 1. The summed E-state index contributed by atoms with van der Waals surface area (Å²) in [6.45, 7) is 0.634. The van der Waals surface area contributed by atoms with Crippen LogP contribution in [0.2, 0.25) is 0 Å². The van der Waals surface area contributed by atoms with Gasteiger partial charge >= 0.3 is 0 Å². The van der Waals surface area contributed by atoms with E-state index in [1.54, 1.807) is 11.8 Å². The van der Waals surface area contributed by atoms with Crippen molar-refractivity contribution in [2.24, 2.45) is 0 Å². The van der Waals surface area contributed by atoms with Crippen molar-refractivity contribution < 1.29 is 14.2 Å². The Morgan fingerprint density at radius 2 is 2.47 bits per heavy atom. The van der Waals surface area contributed by atoms with Crippen LogP contribution < -0.4 is 0 Å². The summed E-state index contributed by atoms with van der Waals surface area (Å²) in [5.74, 6) is 1.25. The molecule has 2 heterocycles. The second kappa shape index (κ2) is 4.92. The second-order valence-electron chi connectivity index (χ2n) is 3.37. The van der Waals surface area contributed by atoms with Crippen molar-refractivity contribution >= 4 is 11.8 Å². The summed E-state index contributed by atoms with van der Waals surface area (Å²) in [5, 5.41) is 9.92. The molecule has 0 aliphatic carbocycles. The third kappa shape index (κ3) is 2.68. The Hall–Kier alpha value is -0.650. The molecule has 0 bridgehead atoms. The average Bonchev–Trinajstić information content (AvgIpc) is 2.29. The van der Waals surface area contributed by atoms with Crippen molar-refractivity contribution in [1.29, 1.82) is 0 Å². The summed E-state index contributed by atoms with van der Waals surface area (Å²) in [6.07, 6.45) is 1.54. The van der Waals surface area contributed by atoms with Crippen LogP contribution in [0.5, 0.6) is 0 Å². The highest BCUT2D eigenvalue weighted by molar-refractivity contribution is 7.99. The van der Waals surface area contributed by atoms with E-state index in [9.17, 15) is 9.50 Å². The van der Waals surface area contributed by atoms with Gasteiger partial charge in [0.2, 0.25) is 0 Å². The van der Waals surface area contributed by atoms with E-state index in [0.717, 1.165) is 17.7 Å². The Bertz CT molecular complexity index is 331. The van der Waals surface area contributed by atoms with Gasteiger partial charge in [-0.05, 0) is 6.07 Å². The largest absolute Gasteiger partial charge is 0.386 e. The Labute approximate surface area is 91.7 Å². The van der Waals surface area contributed by atoms with E-state index < -0.39 is 11.9 Å². The van der Waals surface area contributed by atoms with Crippen LogP contribution in [0.25, 0.3) is 0 Å². The number of pyridine rings is 1. The first-order valence-electron chi connectivity index (χ1n) is 4.75. The monoisotopic (exact) mass is 229 g/mol. The molecule has 15 heavy (non-hydrogen) atoms. The number of halogens is 1. The van der Waals surface area contributed by atoms with E-state index >= 15 is 0 Å². The number of thioether (sulfide) groups is 1. The number of aliphatic hydroxyl groups excluding tert-OH is 1. The van der Waals surface area contributed by atoms with Crippen molar-refractivity contribution in [3.05, 3.63) is 29.8 Å². The Balaban J connectivity index is 2.08. The maximum Gasteiger partial charge on any atom is 0.141 e. The normalized spacial score (nSPS) is 23.7. The maximum absolute atomic E-state index is 12.9. The zero-order chi connectivity index (χ0) is 10.7. The molecule has 1 aliphatic rings. The lowest BCUT2D eigenvalue weighted by atomic mass is 10.1. The van der Waals surface area contributed by atoms with Gasteiger partial charge in [-0.1, -0.05) is 0 Å². The smallest absolute Gasteiger partial charge is 0.141 e. The Morgan fingerprint density at radius 1 is 1.60 bits per heavy atom. The van der Waals surface area contributed by atoms with E-state index in [1.807, 2.05) is 0 Å². The fraction of sp³-hybridized carbons (Fsp3) is 0.500. The molecule has 1 fully saturated rings. The van der Waals surface area contributed by atoms with E-state index in [0.29, 0.717) is 12.2 Å². The summed E-state index contributed by atoms with van der Waals surface area (Å²) in [6, 6.07) is 1.29. The maximum atomic E-state index is 12.9. The number of aromatic nitrogens is 1. The van der Waals surface area contributed by atoms with Gasteiger partial charge in [-0.25, -0.2) is 4.39 Å². The number of hydrogen-bond donors (Lipinski definition) is 1. The molecule has 0 saturated carbocycles. The van der Waals surface area contributed by atoms with Gasteiger partial charge in [0, 0.05) is 23.3 Å². The van der Waals surface area contributed by atoms with E-state index in [4.69, 9.17) is 4.74 Å². The first kappa shape index (κ1) is 10.9. The van der Waals surface area contributed by atoms with Crippen molar-refractivity contribution in [3.8, 4) is 0 Å². The molecule has 82 valence electrons. The molecule has 0 amide bonds. The highest BCUT2D eigenvalue weighted by atomic mass is 32.2. The predicted octanol–water partition coefficient (Wildman–Crippen LogP) is 1.39. The first-order chi connectivity index (χ1) is 7.27. The lowest BCUT2D eigenvalue weighted by Gasteiger charge is -2.26. The topological polar surface area (TPSA) is 42.4 Å². The lowest BCUT2D eigenvalue weighted by Crippen LogP contribution is -2.29. The molecule has 2 atom stereocenters. The third-order valence-corrected chi connectivity index (χ3v) is 3.28. The number of hydrogen-bond acceptors (Lipinski definition) is 4. The molecule has 1 aromatic rings. The Morgan fingerprint density at radius 3 is 3.13 bits per heavy atom. The molecule has 5 heteroatoms. The quantitative estimate of drug-likeness (QED) is 0.832. The zero-order valence-electron chi connectivity index (χ0n) is 8.10. The van der Waals surface area contributed by atoms with Gasteiger partial charge in [0.15, 0.2) is 0 Å². The van der Waals surface area contributed by atoms with Crippen molar-refractivity contribution in [1.82, 2.24) is 4.98 Å². The van der Waals surface area contributed by atoms with Crippen LogP contribution in [-0.4, -0.2) is 34.3 Å². The molecule has 3 nitrogen and oxygen atoms in total. The van der Waals surface area contributed by atoms with Gasteiger partial charge < -0.3 is 9.84 Å². The van der Waals surface area contributed by atoms with Crippen molar-refractivity contribution in [2.75, 3.05) is 18.1 Å². The van der Waals surface area contributed by atoms with Gasteiger partial charge in [0.05, 0.1) is 18.9 Å². The van der Waals surface area contributed by atoms with E-state index in [1.165, 1.54) is 12.3 Å². The van der Waals surface area contributed by atoms with Crippen LogP contribution >= 0.6 is 11.8 Å². The zero-order valence-corrected chi connectivity index (χ0v) is 8.91. The molecule has 2 unspecified atom stereocenters. The fourth-order valence-corrected chi connectivity index (χ4v) is 2.38. The van der Waals surface area contributed by atoms with E-state index in [-0.39, 0.29) is 6.10 Å². The molecule has 1 aliphatic heterocycles. The van der Waals surface area contributed by atoms with Gasteiger partial charge in [-0.2, -0.15) is 11.8 Å². The second-order valence-corrected chi connectivity index (χ2v) is 4.52. The van der Waals surface area contributed by atoms with Crippen LogP contribution in [-0.2, 0) is 4.74 Å². The highest BCUT2D eigenvalue weighted by Gasteiger charge is 2.24. The van der Waals surface area contributed by atoms with Crippen LogP contribution in [0.3, 0.4) is 0 Å². The van der Waals surface area contributed by atoms with Crippen molar-refractivity contribution in [2.45, 2.75) is 12.2 Å². The third-order valence-electron chi connectivity index (χ3n) is 2.26. The standard InChI is InChI=1S/C10H12FNO2S/c11-8-3-7(4-12-5-8)10(13)9-6-15-2-1-14-9/h3-5,9-10,13H,1-2,6H2. The molecule has 1 N–H and O–H groups in total. The predicted molar refractivity (Wildman–Crippen MR) is 56.2 cm³/mol. The van der Waals surface area contributed by atoms with Gasteiger partial charge in [-0.15, -0.1) is 0 Å². The average molecular weight is 229 g/mol. The van der Waals surface area contributed by atoms with Crippen LogP contribution in [0.15, 0.2) is 18.5 Å². The number of nitrogens with zero attached hydrogens (tertiary/aromatic N) is 1. The molecular weight excluding hydrogens is 217 g/mol. The molecule has 1 aromatic heterocycles. The minimum absolute atomic E-state index is 0.257. The fourth-order valence-electron chi connectivity index (χ4n) is 1.49. The molecule has 0 radical (unpaired) electrons. The highest BCUT2D eigenvalue weighted by Crippen LogP contribution is 2.25. The summed E-state index contributed by atoms with van der Waals surface area (Å²) < 4.78 is 18.3. The minimum Gasteiger partial charge on any atom is -0.386 e. The van der Waals surface area contributed by atoms with E-state index in [2.05, 4.69) is 4.98 Å². The van der Waals surface area contributed by atoms with Gasteiger partial charge in [-0.3, -0.25) is 4.98 Å². The molecule has 2 rings (SSSR count). The number of rotatable bonds is 2. The van der Waals surface area contributed by atoms with Crippen LogP contribution in [0, 0.1) is 5.82 Å². The number of aliphatic hydroxyl groups is 1. The SMILES string of the molecule is OC(c1cncc(F)c1)C1CSCCO1. The Kier molecular flexibility index (Phi) is 3.56. The molecular formula is C10H12FNO2S. The molecule has 0 aromatic carbocycles. The summed E-state index contributed by atoms with van der Waals surface area (Å²) >= 11 is 1.73. The van der Waals surface area contributed by atoms with Gasteiger partial charge in [0.25, 0.3) is 0 Å². The summed E-state index contributed by atoms with van der Waals surface area (Å²) in [5.41, 5.74) is 0.475. The van der Waals surface area contributed by atoms with Crippen LogP contribution in [0.1, 0.15) is 11.7 Å². The van der Waals surface area contributed by atoms with Crippen LogP contribution in [0.4, 0.5) is 4.39 Å². The lowest BCUT2D eigenvalue weighted by molar-refractivity contribution is -0.0230.